The number of carbonyl (C=O) groups excluding carboxylic acids is 1. The molecule has 0 aromatic rings. The highest BCUT2D eigenvalue weighted by Gasteiger charge is 2.45. The van der Waals surface area contributed by atoms with Crippen LogP contribution < -0.4 is 0 Å². The summed E-state index contributed by atoms with van der Waals surface area (Å²) in [5.74, 6) is 1.20. The normalized spacial score (nSPS) is 34.3. The third-order valence-corrected chi connectivity index (χ3v) is 4.82. The number of nitrogens with zero attached hydrogens (tertiary/aromatic N) is 1. The monoisotopic (exact) mass is 243 g/mol. The third-order valence-electron chi connectivity index (χ3n) is 4.82. The molecule has 1 aliphatic heterocycles. The molecule has 3 rings (SSSR count). The number of ketones is 1. The molecule has 0 radical (unpaired) electrons. The second-order valence-corrected chi connectivity index (χ2v) is 5.76. The molecule has 0 bridgehead atoms. The van der Waals surface area contributed by atoms with Crippen LogP contribution in [-0.2, 0) is 4.79 Å². The fraction of sp³-hybridized carbons (Fsp3) is 0.562. The summed E-state index contributed by atoms with van der Waals surface area (Å²) < 4.78 is 0. The number of hydrogen-bond acceptors (Lipinski definition) is 2. The van der Waals surface area contributed by atoms with Crippen molar-refractivity contribution < 1.29 is 4.79 Å². The van der Waals surface area contributed by atoms with Gasteiger partial charge in [-0.05, 0) is 37.8 Å². The summed E-state index contributed by atoms with van der Waals surface area (Å²) >= 11 is 0. The molecular weight excluding hydrogens is 222 g/mol. The Morgan fingerprint density at radius 3 is 2.94 bits per heavy atom. The van der Waals surface area contributed by atoms with Gasteiger partial charge in [-0.1, -0.05) is 24.6 Å². The maximum Gasteiger partial charge on any atom is 0.134 e. The summed E-state index contributed by atoms with van der Waals surface area (Å²) in [5.41, 5.74) is 2.92. The van der Waals surface area contributed by atoms with E-state index in [4.69, 9.17) is 0 Å². The average Bonchev–Trinajstić information content (AvgIpc) is 2.57. The highest BCUT2D eigenvalue weighted by atomic mass is 16.1. The Hall–Kier alpha value is -1.31. The van der Waals surface area contributed by atoms with Crippen molar-refractivity contribution in [2.24, 2.45) is 11.8 Å². The Morgan fingerprint density at radius 1 is 1.33 bits per heavy atom. The lowest BCUT2D eigenvalue weighted by molar-refractivity contribution is -0.123. The van der Waals surface area contributed by atoms with E-state index in [2.05, 4.69) is 36.3 Å². The number of carbonyl (C=O) groups is 1. The van der Waals surface area contributed by atoms with Crippen molar-refractivity contribution in [3.05, 3.63) is 35.6 Å². The maximum atomic E-state index is 11.9. The van der Waals surface area contributed by atoms with Crippen molar-refractivity contribution in [1.29, 1.82) is 0 Å². The van der Waals surface area contributed by atoms with Gasteiger partial charge in [-0.15, -0.1) is 0 Å². The lowest BCUT2D eigenvalue weighted by Crippen LogP contribution is -2.43. The molecule has 0 saturated heterocycles. The highest BCUT2D eigenvalue weighted by molar-refractivity contribution is 5.79. The van der Waals surface area contributed by atoms with E-state index in [1.807, 2.05) is 0 Å². The predicted molar refractivity (Wildman–Crippen MR) is 73.0 cm³/mol. The van der Waals surface area contributed by atoms with E-state index in [0.29, 0.717) is 17.7 Å². The molecule has 1 saturated carbocycles. The molecule has 0 aromatic heterocycles. The zero-order chi connectivity index (χ0) is 12.7. The van der Waals surface area contributed by atoms with Crippen LogP contribution in [0.25, 0.3) is 0 Å². The van der Waals surface area contributed by atoms with Crippen LogP contribution in [0.4, 0.5) is 0 Å². The molecule has 1 fully saturated rings. The van der Waals surface area contributed by atoms with E-state index in [9.17, 15) is 4.79 Å². The van der Waals surface area contributed by atoms with Crippen LogP contribution >= 0.6 is 0 Å². The minimum absolute atomic E-state index is 0.234. The van der Waals surface area contributed by atoms with Crippen LogP contribution in [0.3, 0.4) is 0 Å². The molecule has 18 heavy (non-hydrogen) atoms. The van der Waals surface area contributed by atoms with Crippen LogP contribution in [0.15, 0.2) is 35.6 Å². The number of Topliss-reactive ketones (excluding diaryl/α,β-unsaturated/α-hetero) is 1. The fourth-order valence-electron chi connectivity index (χ4n) is 4.02. The van der Waals surface area contributed by atoms with E-state index >= 15 is 0 Å². The lowest BCUT2D eigenvalue weighted by Gasteiger charge is -2.38. The number of allylic oxidation sites excluding steroid dienone is 4. The molecule has 2 heteroatoms. The number of fused-ring (bicyclic) bond motifs is 2. The van der Waals surface area contributed by atoms with Gasteiger partial charge in [0.05, 0.1) is 0 Å². The zero-order valence-electron chi connectivity index (χ0n) is 11.2. The smallest absolute Gasteiger partial charge is 0.134 e. The average molecular weight is 243 g/mol. The minimum Gasteiger partial charge on any atom is -0.370 e. The maximum absolute atomic E-state index is 11.9. The summed E-state index contributed by atoms with van der Waals surface area (Å²) in [6.07, 6.45) is 13.3. The van der Waals surface area contributed by atoms with Gasteiger partial charge >= 0.3 is 0 Å². The third kappa shape index (κ3) is 1.66. The van der Waals surface area contributed by atoms with Crippen LogP contribution in [0.2, 0.25) is 0 Å². The Morgan fingerprint density at radius 2 is 2.17 bits per heavy atom. The van der Waals surface area contributed by atoms with Gasteiger partial charge < -0.3 is 4.90 Å². The molecular formula is C16H21NO. The second-order valence-electron chi connectivity index (χ2n) is 5.76. The van der Waals surface area contributed by atoms with Crippen molar-refractivity contribution in [2.75, 3.05) is 7.05 Å². The number of hydrogen-bond donors (Lipinski definition) is 0. The first-order valence-corrected chi connectivity index (χ1v) is 6.99. The largest absolute Gasteiger partial charge is 0.370 e. The first-order chi connectivity index (χ1) is 8.70. The van der Waals surface area contributed by atoms with E-state index in [1.165, 1.54) is 18.5 Å². The van der Waals surface area contributed by atoms with Crippen molar-refractivity contribution in [3.8, 4) is 0 Å². The Labute approximate surface area is 109 Å². The van der Waals surface area contributed by atoms with Gasteiger partial charge in [0.2, 0.25) is 0 Å². The number of likely N-dealkylation sites (N-methyl/N-ethyl adjacent to an activating group) is 1. The Bertz CT molecular complexity index is 458. The van der Waals surface area contributed by atoms with Crippen LogP contribution in [0, 0.1) is 11.8 Å². The van der Waals surface area contributed by atoms with Crippen molar-refractivity contribution >= 4 is 5.78 Å². The molecule has 0 amide bonds. The molecule has 96 valence electrons. The van der Waals surface area contributed by atoms with Gasteiger partial charge in [0, 0.05) is 30.6 Å². The van der Waals surface area contributed by atoms with Gasteiger partial charge in [-0.25, -0.2) is 0 Å². The summed E-state index contributed by atoms with van der Waals surface area (Å²) in [4.78, 5) is 14.3. The number of rotatable bonds is 1. The molecule has 3 aliphatic rings. The SMILES string of the molecule is CC(=O)C1CCCC2C3=C(C=CC=CC3)N(C)C12. The molecule has 3 unspecified atom stereocenters. The van der Waals surface area contributed by atoms with Crippen molar-refractivity contribution in [2.45, 2.75) is 38.6 Å². The first kappa shape index (κ1) is 11.8. The first-order valence-electron chi connectivity index (χ1n) is 6.99. The van der Waals surface area contributed by atoms with Gasteiger partial charge in [0.15, 0.2) is 0 Å². The molecule has 0 spiro atoms. The lowest BCUT2D eigenvalue weighted by atomic mass is 9.73. The molecule has 2 nitrogen and oxygen atoms in total. The molecule has 0 N–H and O–H groups in total. The summed E-state index contributed by atoms with van der Waals surface area (Å²) in [7, 11) is 2.16. The van der Waals surface area contributed by atoms with Gasteiger partial charge in [-0.2, -0.15) is 0 Å². The molecule has 0 aromatic carbocycles. The Balaban J connectivity index is 1.97. The van der Waals surface area contributed by atoms with Crippen LogP contribution in [-0.4, -0.2) is 23.8 Å². The highest BCUT2D eigenvalue weighted by Crippen LogP contribution is 2.46. The van der Waals surface area contributed by atoms with E-state index in [-0.39, 0.29) is 5.92 Å². The predicted octanol–water partition coefficient (Wildman–Crippen LogP) is 3.08. The van der Waals surface area contributed by atoms with Gasteiger partial charge in [-0.3, -0.25) is 4.79 Å². The fourth-order valence-corrected chi connectivity index (χ4v) is 4.02. The van der Waals surface area contributed by atoms with E-state index < -0.39 is 0 Å². The molecule has 1 heterocycles. The summed E-state index contributed by atoms with van der Waals surface area (Å²) in [6.45, 7) is 1.76. The zero-order valence-corrected chi connectivity index (χ0v) is 11.2. The van der Waals surface area contributed by atoms with Gasteiger partial charge in [0.1, 0.15) is 5.78 Å². The second kappa shape index (κ2) is 4.42. The summed E-state index contributed by atoms with van der Waals surface area (Å²) in [5, 5.41) is 0. The van der Waals surface area contributed by atoms with E-state index in [1.54, 1.807) is 12.5 Å². The van der Waals surface area contributed by atoms with Gasteiger partial charge in [0.25, 0.3) is 0 Å². The minimum atomic E-state index is 0.234. The van der Waals surface area contributed by atoms with Crippen molar-refractivity contribution in [3.63, 3.8) is 0 Å². The van der Waals surface area contributed by atoms with Crippen molar-refractivity contribution in [1.82, 2.24) is 4.90 Å². The summed E-state index contributed by atoms with van der Waals surface area (Å²) in [6, 6.07) is 0.414. The van der Waals surface area contributed by atoms with E-state index in [0.717, 1.165) is 12.8 Å². The van der Waals surface area contributed by atoms with Crippen LogP contribution in [0.5, 0.6) is 0 Å². The molecule has 2 aliphatic carbocycles. The molecule has 3 atom stereocenters. The van der Waals surface area contributed by atoms with Crippen LogP contribution in [0.1, 0.15) is 32.6 Å². The quantitative estimate of drug-likeness (QED) is 0.705. The Kier molecular flexibility index (Phi) is 2.89. The standard InChI is InChI=1S/C16H21NO/c1-11(18)12-8-6-9-14-13-7-4-3-5-10-15(13)17(2)16(12)14/h3-5,10,12,14,16H,6-9H2,1-2H3. The topological polar surface area (TPSA) is 20.3 Å².